The fourth-order valence-electron chi connectivity index (χ4n) is 3.22. The smallest absolute Gasteiger partial charge is 0.342 e. The molecule has 0 fully saturated rings. The predicted molar refractivity (Wildman–Crippen MR) is 132 cm³/mol. The van der Waals surface area contributed by atoms with Gasteiger partial charge in [0.15, 0.2) is 0 Å². The number of aromatic nitrogens is 3. The number of H-pyrrole nitrogens is 1. The Hall–Kier alpha value is -3.62. The molecule has 0 aliphatic carbocycles. The van der Waals surface area contributed by atoms with Crippen molar-refractivity contribution in [1.29, 1.82) is 0 Å². The molecule has 0 aliphatic heterocycles. The summed E-state index contributed by atoms with van der Waals surface area (Å²) in [6.07, 6.45) is 0. The van der Waals surface area contributed by atoms with Gasteiger partial charge >= 0.3 is 5.16 Å². The second-order valence-electron chi connectivity index (χ2n) is 7.58. The molecule has 2 N–H and O–H groups in total. The molecule has 172 valence electrons. The molecule has 0 radical (unpaired) electrons. The minimum absolute atomic E-state index is 0.106. The first-order valence-corrected chi connectivity index (χ1v) is 11.8. The molecule has 9 heteroatoms. The number of carbonyl (C=O) groups is 1. The number of nitrogens with zero attached hydrogens (tertiary/aromatic N) is 3. The van der Waals surface area contributed by atoms with E-state index < -0.39 is 0 Å². The minimum Gasteiger partial charge on any atom is -0.872 e. The van der Waals surface area contributed by atoms with Gasteiger partial charge in [-0.1, -0.05) is 53.6 Å². The van der Waals surface area contributed by atoms with Gasteiger partial charge in [-0.25, -0.2) is 5.43 Å². The van der Waals surface area contributed by atoms with E-state index in [1.807, 2.05) is 60.0 Å². The first-order chi connectivity index (χ1) is 16.4. The molecule has 0 unspecified atom stereocenters. The Morgan fingerprint density at radius 1 is 1.15 bits per heavy atom. The highest BCUT2D eigenvalue weighted by Crippen LogP contribution is 2.22. The predicted octanol–water partition coefficient (Wildman–Crippen LogP) is 4.02. The van der Waals surface area contributed by atoms with Crippen molar-refractivity contribution >= 4 is 35.0 Å². The standard InChI is InChI=1S/C25H22ClN5O2S/c1-16-6-12-21(13-7-16)31-24(18-8-10-20(26)11-9-18)29-30-25(31)34-15-23(33)28-27-17(2)19-4-3-5-22(32)14-19/h3-14H,15H2,1-2H3,(H2,28,32,33)/b27-17+. The van der Waals surface area contributed by atoms with Crippen LogP contribution in [0.2, 0.25) is 5.02 Å². The van der Waals surface area contributed by atoms with Crippen LogP contribution in [0.3, 0.4) is 0 Å². The van der Waals surface area contributed by atoms with Crippen molar-refractivity contribution in [2.45, 2.75) is 19.0 Å². The third-order valence-electron chi connectivity index (χ3n) is 5.01. The van der Waals surface area contributed by atoms with E-state index in [-0.39, 0.29) is 17.4 Å². The number of rotatable bonds is 7. The summed E-state index contributed by atoms with van der Waals surface area (Å²) in [5.74, 6) is 0.489. The van der Waals surface area contributed by atoms with Crippen molar-refractivity contribution in [1.82, 2.24) is 15.6 Å². The molecule has 4 aromatic rings. The van der Waals surface area contributed by atoms with Gasteiger partial charge in [-0.3, -0.25) is 4.79 Å². The Balaban J connectivity index is 1.53. The van der Waals surface area contributed by atoms with Gasteiger partial charge in [-0.05, 0) is 67.6 Å². The molecule has 0 spiro atoms. The molecule has 0 aliphatic rings. The van der Waals surface area contributed by atoms with Gasteiger partial charge < -0.3 is 5.11 Å². The monoisotopic (exact) mass is 491 g/mol. The van der Waals surface area contributed by atoms with Crippen LogP contribution in [-0.2, 0) is 4.79 Å². The van der Waals surface area contributed by atoms with Gasteiger partial charge in [0.1, 0.15) is 5.69 Å². The fourth-order valence-corrected chi connectivity index (χ4v) is 4.11. The van der Waals surface area contributed by atoms with E-state index in [1.165, 1.54) is 23.9 Å². The second-order valence-corrected chi connectivity index (χ2v) is 8.96. The summed E-state index contributed by atoms with van der Waals surface area (Å²) < 4.78 is 1.97. The second kappa shape index (κ2) is 10.5. The average Bonchev–Trinajstić information content (AvgIpc) is 3.26. The highest BCUT2D eigenvalue weighted by Gasteiger charge is 2.24. The van der Waals surface area contributed by atoms with E-state index in [0.717, 1.165) is 22.6 Å². The number of benzene rings is 3. The van der Waals surface area contributed by atoms with Crippen LogP contribution >= 0.6 is 23.4 Å². The van der Waals surface area contributed by atoms with Crippen molar-refractivity contribution in [3.05, 3.63) is 88.9 Å². The van der Waals surface area contributed by atoms with Crippen LogP contribution in [0, 0.1) is 6.92 Å². The summed E-state index contributed by atoms with van der Waals surface area (Å²) in [5.41, 5.74) is 6.73. The maximum absolute atomic E-state index is 12.5. The van der Waals surface area contributed by atoms with Gasteiger partial charge in [-0.2, -0.15) is 9.67 Å². The van der Waals surface area contributed by atoms with Crippen LogP contribution < -0.4 is 15.1 Å². The molecule has 1 amide bonds. The number of nitrogens with one attached hydrogen (secondary N) is 2. The fraction of sp³-hybridized carbons (Fsp3) is 0.120. The number of aromatic amines is 1. The van der Waals surface area contributed by atoms with E-state index in [4.69, 9.17) is 11.6 Å². The highest BCUT2D eigenvalue weighted by molar-refractivity contribution is 7.99. The lowest BCUT2D eigenvalue weighted by atomic mass is 10.1. The summed E-state index contributed by atoms with van der Waals surface area (Å²) in [5, 5.41) is 24.4. The third-order valence-corrected chi connectivity index (χ3v) is 6.21. The summed E-state index contributed by atoms with van der Waals surface area (Å²) in [6, 6.07) is 21.9. The maximum atomic E-state index is 12.5. The molecular weight excluding hydrogens is 470 g/mol. The van der Waals surface area contributed by atoms with Crippen LogP contribution in [0.1, 0.15) is 18.1 Å². The number of hydrogen-bond donors (Lipinski definition) is 2. The zero-order valence-corrected chi connectivity index (χ0v) is 20.2. The Bertz CT molecular complexity index is 1330. The number of aryl methyl sites for hydroxylation is 1. The molecular formula is C25H22ClN5O2S. The lowest BCUT2D eigenvalue weighted by molar-refractivity contribution is -0.625. The first kappa shape index (κ1) is 23.5. The van der Waals surface area contributed by atoms with E-state index >= 15 is 0 Å². The van der Waals surface area contributed by atoms with Gasteiger partial charge in [0.05, 0.1) is 22.1 Å². The van der Waals surface area contributed by atoms with Crippen LogP contribution in [0.25, 0.3) is 17.1 Å². The maximum Gasteiger partial charge on any atom is 0.342 e. The summed E-state index contributed by atoms with van der Waals surface area (Å²) >= 11 is 7.34. The number of halogens is 1. The molecule has 7 nitrogen and oxygen atoms in total. The van der Waals surface area contributed by atoms with Crippen molar-refractivity contribution in [3.8, 4) is 22.8 Å². The Labute approximate surface area is 206 Å². The summed E-state index contributed by atoms with van der Waals surface area (Å²) in [4.78, 5) is 12.5. The Kier molecular flexibility index (Phi) is 7.30. The van der Waals surface area contributed by atoms with E-state index in [2.05, 4.69) is 20.7 Å². The Morgan fingerprint density at radius 3 is 2.59 bits per heavy atom. The van der Waals surface area contributed by atoms with E-state index in [1.54, 1.807) is 19.1 Å². The van der Waals surface area contributed by atoms with Crippen LogP contribution in [0.4, 0.5) is 0 Å². The van der Waals surface area contributed by atoms with Crippen molar-refractivity contribution in [3.63, 3.8) is 0 Å². The molecule has 0 saturated heterocycles. The molecule has 1 aromatic heterocycles. The molecule has 1 heterocycles. The molecule has 34 heavy (non-hydrogen) atoms. The van der Waals surface area contributed by atoms with Crippen LogP contribution in [-0.4, -0.2) is 27.6 Å². The van der Waals surface area contributed by atoms with Gasteiger partial charge in [0.2, 0.25) is 0 Å². The summed E-state index contributed by atoms with van der Waals surface area (Å²) in [7, 11) is 0. The van der Waals surface area contributed by atoms with Crippen LogP contribution in [0.15, 0.2) is 83.1 Å². The number of amides is 1. The van der Waals surface area contributed by atoms with Gasteiger partial charge in [0.25, 0.3) is 11.7 Å². The third kappa shape index (κ3) is 5.65. The molecule has 0 saturated carbocycles. The molecule has 0 bridgehead atoms. The normalized spacial score (nSPS) is 11.4. The molecule has 0 atom stereocenters. The largest absolute Gasteiger partial charge is 0.872 e. The lowest BCUT2D eigenvalue weighted by Gasteiger charge is -2.07. The first-order valence-electron chi connectivity index (χ1n) is 10.5. The SMILES string of the molecule is C/C(=N\NC(=O)CSc1n[nH]c(-c2ccc(Cl)cc2)[n+]1-c1ccc(C)cc1)c1cccc([O-])c1. The van der Waals surface area contributed by atoms with E-state index in [9.17, 15) is 9.90 Å². The van der Waals surface area contributed by atoms with Crippen molar-refractivity contribution in [2.75, 3.05) is 5.75 Å². The van der Waals surface area contributed by atoms with Crippen molar-refractivity contribution < 1.29 is 14.5 Å². The van der Waals surface area contributed by atoms with Crippen molar-refractivity contribution in [2.24, 2.45) is 5.10 Å². The zero-order valence-electron chi connectivity index (χ0n) is 18.6. The number of carbonyl (C=O) groups excluding carboxylic acids is 1. The average molecular weight is 492 g/mol. The minimum atomic E-state index is -0.283. The summed E-state index contributed by atoms with van der Waals surface area (Å²) in [6.45, 7) is 3.76. The lowest BCUT2D eigenvalue weighted by Crippen LogP contribution is -2.34. The number of thioether (sulfide) groups is 1. The topological polar surface area (TPSA) is 97.1 Å². The molecule has 4 rings (SSSR count). The zero-order chi connectivity index (χ0) is 24.1. The number of hydrazone groups is 1. The quantitative estimate of drug-likeness (QED) is 0.176. The van der Waals surface area contributed by atoms with Crippen LogP contribution in [0.5, 0.6) is 5.75 Å². The highest BCUT2D eigenvalue weighted by atomic mass is 35.5. The van der Waals surface area contributed by atoms with Gasteiger partial charge in [-0.15, -0.1) is 10.8 Å². The molecule has 3 aromatic carbocycles. The Morgan fingerprint density at radius 2 is 1.88 bits per heavy atom. The van der Waals surface area contributed by atoms with E-state index in [0.29, 0.717) is 21.5 Å². The van der Waals surface area contributed by atoms with Gasteiger partial charge in [0, 0.05) is 5.02 Å². The number of hydrogen-bond acceptors (Lipinski definition) is 5.